The van der Waals surface area contributed by atoms with E-state index in [9.17, 15) is 4.57 Å². The van der Waals surface area contributed by atoms with Crippen molar-refractivity contribution in [3.05, 3.63) is 133 Å². The molecule has 4 heteroatoms. The smallest absolute Gasteiger partial charge is 0.171 e. The maximum atomic E-state index is 14.8. The van der Waals surface area contributed by atoms with E-state index in [0.717, 1.165) is 37.2 Å². The van der Waals surface area contributed by atoms with Crippen molar-refractivity contribution in [2.75, 3.05) is 0 Å². The lowest BCUT2D eigenvalue weighted by Crippen LogP contribution is -2.24. The normalized spacial score (nSPS) is 11.9. The maximum absolute atomic E-state index is 14.8. The van der Waals surface area contributed by atoms with Gasteiger partial charge in [0, 0.05) is 42.3 Å². The largest absolute Gasteiger partial charge is 0.309 e. The molecule has 2 nitrogen and oxygen atoms in total. The van der Waals surface area contributed by atoms with Crippen LogP contribution in [0.5, 0.6) is 0 Å². The van der Waals surface area contributed by atoms with E-state index in [0.29, 0.717) is 0 Å². The Bertz CT molecular complexity index is 1900. The zero-order valence-electron chi connectivity index (χ0n) is 19.9. The van der Waals surface area contributed by atoms with E-state index in [1.54, 1.807) is 11.3 Å². The number of rotatable bonds is 4. The van der Waals surface area contributed by atoms with Gasteiger partial charge in [0.15, 0.2) is 7.14 Å². The lowest BCUT2D eigenvalue weighted by molar-refractivity contribution is 0.592. The fraction of sp³-hybridized carbons (Fsp3) is 0. The van der Waals surface area contributed by atoms with Crippen molar-refractivity contribution in [2.24, 2.45) is 0 Å². The number of nitrogens with zero attached hydrogens (tertiary/aromatic N) is 1. The van der Waals surface area contributed by atoms with Crippen molar-refractivity contribution in [1.29, 1.82) is 0 Å². The second-order valence-corrected chi connectivity index (χ2v) is 12.9. The average Bonchev–Trinajstić information content (AvgIpc) is 3.34. The van der Waals surface area contributed by atoms with Crippen molar-refractivity contribution < 1.29 is 4.57 Å². The van der Waals surface area contributed by atoms with E-state index >= 15 is 0 Å². The Balaban J connectivity index is 1.48. The second kappa shape index (κ2) is 8.81. The average molecular weight is 512 g/mol. The Morgan fingerprint density at radius 3 is 1.76 bits per heavy atom. The van der Waals surface area contributed by atoms with E-state index < -0.39 is 7.14 Å². The van der Waals surface area contributed by atoms with Gasteiger partial charge in [-0.25, -0.2) is 4.98 Å². The van der Waals surface area contributed by atoms with Crippen LogP contribution in [-0.4, -0.2) is 4.98 Å². The fourth-order valence-corrected chi connectivity index (χ4v) is 8.98. The molecule has 0 unspecified atom stereocenters. The molecule has 0 radical (unpaired) electrons. The molecule has 5 aromatic carbocycles. The lowest BCUT2D eigenvalue weighted by Gasteiger charge is -2.20. The van der Waals surface area contributed by atoms with Crippen molar-refractivity contribution in [3.63, 3.8) is 0 Å². The van der Waals surface area contributed by atoms with Gasteiger partial charge in [-0.3, -0.25) is 0 Å². The number of pyridine rings is 1. The van der Waals surface area contributed by atoms with Crippen LogP contribution in [0.15, 0.2) is 133 Å². The van der Waals surface area contributed by atoms with E-state index in [1.807, 2.05) is 78.9 Å². The van der Waals surface area contributed by atoms with E-state index in [1.165, 1.54) is 21.0 Å². The molecule has 176 valence electrons. The number of benzene rings is 5. The summed E-state index contributed by atoms with van der Waals surface area (Å²) in [6.45, 7) is 0. The summed E-state index contributed by atoms with van der Waals surface area (Å²) in [5.41, 5.74) is 3.27. The van der Waals surface area contributed by atoms with Crippen LogP contribution in [0.4, 0.5) is 0 Å². The third-order valence-electron chi connectivity index (χ3n) is 6.98. The number of aromatic nitrogens is 1. The highest BCUT2D eigenvalue weighted by Gasteiger charge is 2.29. The quantitative estimate of drug-likeness (QED) is 0.225. The molecule has 37 heavy (non-hydrogen) atoms. The van der Waals surface area contributed by atoms with Crippen molar-refractivity contribution >= 4 is 65.6 Å². The summed E-state index contributed by atoms with van der Waals surface area (Å²) in [6.07, 6.45) is 0. The van der Waals surface area contributed by atoms with Gasteiger partial charge in [-0.2, -0.15) is 0 Å². The lowest BCUT2D eigenvalue weighted by atomic mass is 9.96. The van der Waals surface area contributed by atoms with Crippen LogP contribution in [0.1, 0.15) is 0 Å². The van der Waals surface area contributed by atoms with Crippen LogP contribution in [-0.2, 0) is 4.57 Å². The van der Waals surface area contributed by atoms with E-state index in [2.05, 4.69) is 54.6 Å². The summed E-state index contributed by atoms with van der Waals surface area (Å²) in [4.78, 5) is 6.05. The Kier molecular flexibility index (Phi) is 5.28. The first-order valence-corrected chi connectivity index (χ1v) is 14.8. The molecule has 0 atom stereocenters. The predicted octanol–water partition coefficient (Wildman–Crippen LogP) is 7.91. The van der Waals surface area contributed by atoms with Crippen LogP contribution in [0, 0.1) is 0 Å². The standard InChI is InChI=1S/C33H22NOPS/c35-36(24-11-3-1-4-12-24,25-13-5-2-6-14-25)26-21-19-23(20-22-26)31-27-15-7-9-17-29(27)34-33-32(31)28-16-8-10-18-30(28)37-33/h1-22H. The first-order chi connectivity index (χ1) is 18.2. The molecule has 0 amide bonds. The molecule has 7 rings (SSSR count). The molecule has 0 fully saturated rings. The maximum Gasteiger partial charge on any atom is 0.171 e. The molecule has 7 aromatic rings. The molecule has 0 N–H and O–H groups in total. The molecule has 0 saturated carbocycles. The number of hydrogen-bond donors (Lipinski definition) is 0. The van der Waals surface area contributed by atoms with E-state index in [-0.39, 0.29) is 0 Å². The van der Waals surface area contributed by atoms with Gasteiger partial charge in [-0.05, 0) is 17.7 Å². The minimum Gasteiger partial charge on any atom is -0.309 e. The summed E-state index contributed by atoms with van der Waals surface area (Å²) in [5, 5.41) is 6.04. The zero-order valence-corrected chi connectivity index (χ0v) is 21.6. The molecule has 0 saturated heterocycles. The highest BCUT2D eigenvalue weighted by atomic mass is 32.1. The van der Waals surface area contributed by atoms with Gasteiger partial charge in [0.05, 0.1) is 5.52 Å². The molecule has 2 aromatic heterocycles. The topological polar surface area (TPSA) is 30.0 Å². The Morgan fingerprint density at radius 2 is 1.08 bits per heavy atom. The highest BCUT2D eigenvalue weighted by Crippen LogP contribution is 2.45. The summed E-state index contributed by atoms with van der Waals surface area (Å²) >= 11 is 1.73. The molecular weight excluding hydrogens is 489 g/mol. The Hall–Kier alpha value is -4.04. The van der Waals surface area contributed by atoms with Gasteiger partial charge < -0.3 is 4.57 Å². The molecular formula is C33H22NOPS. The fourth-order valence-electron chi connectivity index (χ4n) is 5.24. The summed E-state index contributed by atoms with van der Waals surface area (Å²) in [7, 11) is -3.02. The minimum absolute atomic E-state index is 0.832. The van der Waals surface area contributed by atoms with Crippen molar-refractivity contribution in [1.82, 2.24) is 4.98 Å². The molecule has 0 aliphatic heterocycles. The summed E-state index contributed by atoms with van der Waals surface area (Å²) in [6, 6.07) is 44.9. The third-order valence-corrected chi connectivity index (χ3v) is 11.1. The zero-order chi connectivity index (χ0) is 24.8. The molecule has 0 aliphatic carbocycles. The van der Waals surface area contributed by atoms with Gasteiger partial charge in [-0.15, -0.1) is 11.3 Å². The molecule has 0 spiro atoms. The number of hydrogen-bond acceptors (Lipinski definition) is 3. The predicted molar refractivity (Wildman–Crippen MR) is 159 cm³/mol. The summed E-state index contributed by atoms with van der Waals surface area (Å²) in [5.74, 6) is 0. The van der Waals surface area contributed by atoms with Gasteiger partial charge in [0.1, 0.15) is 4.83 Å². The Morgan fingerprint density at radius 1 is 0.541 bits per heavy atom. The van der Waals surface area contributed by atoms with Crippen LogP contribution >= 0.6 is 18.5 Å². The first-order valence-electron chi connectivity index (χ1n) is 12.3. The van der Waals surface area contributed by atoms with Crippen LogP contribution < -0.4 is 15.9 Å². The SMILES string of the molecule is O=P(c1ccccc1)(c1ccccc1)c1ccc(-c2c3ccccc3nc3sc4ccccc4c23)cc1. The van der Waals surface area contributed by atoms with Gasteiger partial charge in [0.25, 0.3) is 0 Å². The van der Waals surface area contributed by atoms with Gasteiger partial charge >= 0.3 is 0 Å². The van der Waals surface area contributed by atoms with Gasteiger partial charge in [-0.1, -0.05) is 121 Å². The molecule has 0 bridgehead atoms. The number of fused-ring (bicyclic) bond motifs is 4. The summed E-state index contributed by atoms with van der Waals surface area (Å²) < 4.78 is 16.0. The molecule has 2 heterocycles. The number of para-hydroxylation sites is 1. The van der Waals surface area contributed by atoms with Gasteiger partial charge in [0.2, 0.25) is 0 Å². The van der Waals surface area contributed by atoms with Crippen LogP contribution in [0.25, 0.3) is 42.3 Å². The molecule has 0 aliphatic rings. The highest BCUT2D eigenvalue weighted by molar-refractivity contribution is 7.85. The minimum atomic E-state index is -3.02. The Labute approximate surface area is 219 Å². The monoisotopic (exact) mass is 511 g/mol. The van der Waals surface area contributed by atoms with E-state index in [4.69, 9.17) is 4.98 Å². The van der Waals surface area contributed by atoms with Crippen molar-refractivity contribution in [2.45, 2.75) is 0 Å². The van der Waals surface area contributed by atoms with Crippen molar-refractivity contribution in [3.8, 4) is 11.1 Å². The second-order valence-electron chi connectivity index (χ2n) is 9.11. The van der Waals surface area contributed by atoms with Crippen LogP contribution in [0.2, 0.25) is 0 Å². The van der Waals surface area contributed by atoms with Crippen LogP contribution in [0.3, 0.4) is 0 Å². The third kappa shape index (κ3) is 3.54. The first kappa shape index (κ1) is 22.2. The number of thiophene rings is 1.